The number of amides is 7. The molecule has 0 radical (unpaired) electrons. The first-order valence-electron chi connectivity index (χ1n) is 46.3. The Bertz CT molecular complexity index is 6200. The van der Waals surface area contributed by atoms with Gasteiger partial charge >= 0.3 is 18.2 Å². The second-order valence-electron chi connectivity index (χ2n) is 37.1. The first-order chi connectivity index (χ1) is 67.1. The fraction of sp³-hybridized carbons (Fsp3) is 0.452. The number of fused-ring (bicyclic) bond motifs is 10. The smallest absolute Gasteiger partial charge is 0.332 e. The lowest BCUT2D eigenvalue weighted by Crippen LogP contribution is -2.50. The van der Waals surface area contributed by atoms with E-state index in [1.165, 1.54) is 4.90 Å². The maximum atomic E-state index is 13.4. The van der Waals surface area contributed by atoms with E-state index in [4.69, 9.17) is 5.26 Å². The van der Waals surface area contributed by atoms with Crippen LogP contribution in [0.2, 0.25) is 0 Å². The monoisotopic (exact) mass is 1930 g/mol. The molecule has 20 heterocycles. The number of aromatic nitrogens is 20. The summed E-state index contributed by atoms with van der Waals surface area (Å²) in [5, 5.41) is 49.4. The number of carbonyl (C=O) groups is 5. The van der Waals surface area contributed by atoms with Crippen LogP contribution in [0.15, 0.2) is 154 Å². The van der Waals surface area contributed by atoms with Crippen LogP contribution < -0.4 is 37.2 Å². The van der Waals surface area contributed by atoms with Crippen molar-refractivity contribution < 1.29 is 63.5 Å². The Hall–Kier alpha value is -15.0. The van der Waals surface area contributed by atoms with Gasteiger partial charge in [-0.1, -0.05) is 30.4 Å². The van der Waals surface area contributed by atoms with Crippen LogP contribution in [-0.4, -0.2) is 250 Å². The quantitative estimate of drug-likeness (QED) is 0.0275. The van der Waals surface area contributed by atoms with Crippen molar-refractivity contribution in [1.29, 1.82) is 5.26 Å². The predicted octanol–water partition coefficient (Wildman–Crippen LogP) is 12.9. The van der Waals surface area contributed by atoms with Crippen LogP contribution in [-0.2, 0) is 49.6 Å². The second-order valence-corrected chi connectivity index (χ2v) is 37.1. The molecule has 10 bridgehead atoms. The Morgan fingerprint density at radius 2 is 0.579 bits per heavy atom. The highest BCUT2D eigenvalue weighted by molar-refractivity contribution is 5.88. The van der Waals surface area contributed by atoms with Crippen LogP contribution in [0.1, 0.15) is 144 Å². The summed E-state index contributed by atoms with van der Waals surface area (Å²) < 4.78 is 126. The van der Waals surface area contributed by atoms with Crippen molar-refractivity contribution in [2.24, 2.45) is 53.0 Å². The van der Waals surface area contributed by atoms with Gasteiger partial charge in [0.25, 0.3) is 17.8 Å². The van der Waals surface area contributed by atoms with Gasteiger partial charge in [0, 0.05) is 147 Å². The van der Waals surface area contributed by atoms with Crippen LogP contribution in [0, 0.1) is 29.1 Å². The molecule has 140 heavy (non-hydrogen) atoms. The van der Waals surface area contributed by atoms with Crippen molar-refractivity contribution in [3.63, 3.8) is 0 Å². The molecule has 0 aromatic carbocycles. The summed E-state index contributed by atoms with van der Waals surface area (Å²) in [7, 11) is 9.15. The molecule has 10 aromatic heterocycles. The highest BCUT2D eigenvalue weighted by atomic mass is 19.4. The van der Waals surface area contributed by atoms with Crippen LogP contribution in [0.25, 0.3) is 27.9 Å². The SMILES string of the molecule is Cn1cc(Nc2nccc(C3=CC4CCC(C3)N4C(=O)NCC#N)n2)cn1.Cn1cc(Nc2nccc(C3=CC4CCC(C3)N4C(=O)NCC(F)(F)F)n2)cn1.Cn1cc(Nc2nccc(C3=CC4CCC(C3)N4C(=O)[C@@H]3CC3(F)F)n2)cn1.Cn1cc(Nc2nccc(C3=C[C@@H]4CC[C@H](C3)N4C(=O)[C@@H]3CC3(F)F)n2)cn1.Cn1cc(Nc2nccc(C3=C[C@H]4CC[C@@H](C3)N4C(=O)[C@@H]3CC3(F)F)n2)cn1. The number of nitrogens with zero attached hydrogens (tertiary/aromatic N) is 26. The molecule has 730 valence electrons. The van der Waals surface area contributed by atoms with Gasteiger partial charge in [-0.2, -0.15) is 43.9 Å². The molecule has 0 spiro atoms. The van der Waals surface area contributed by atoms with Gasteiger partial charge in [0.1, 0.15) is 30.8 Å². The number of rotatable bonds is 20. The lowest BCUT2D eigenvalue weighted by Gasteiger charge is -2.34. The highest BCUT2D eigenvalue weighted by Gasteiger charge is 2.66. The van der Waals surface area contributed by atoms with E-state index >= 15 is 0 Å². The van der Waals surface area contributed by atoms with Crippen LogP contribution in [0.4, 0.5) is 107 Å². The van der Waals surface area contributed by atoms with Crippen LogP contribution in [0.5, 0.6) is 0 Å². The molecule has 7 amide bonds. The first-order valence-corrected chi connectivity index (χ1v) is 46.3. The van der Waals surface area contributed by atoms with Gasteiger partial charge in [0.15, 0.2) is 0 Å². The Morgan fingerprint density at radius 3 is 0.771 bits per heavy atom. The summed E-state index contributed by atoms with van der Waals surface area (Å²) in [6.45, 7) is -1.30. The molecule has 13 aliphatic rings. The molecular weight excluding hydrogens is 1830 g/mol. The Kier molecular flexibility index (Phi) is 25.8. The summed E-state index contributed by atoms with van der Waals surface area (Å²) in [5.41, 5.74) is 13.1. The minimum Gasteiger partial charge on any atom is -0.332 e. The van der Waals surface area contributed by atoms with Crippen LogP contribution in [0.3, 0.4) is 0 Å². The fourth-order valence-electron chi connectivity index (χ4n) is 20.3. The second kappa shape index (κ2) is 38.4. The summed E-state index contributed by atoms with van der Waals surface area (Å²) in [6, 6.07) is 9.66. The third kappa shape index (κ3) is 21.2. The number of hydrogen-bond acceptors (Lipinski definition) is 26. The Balaban J connectivity index is 0.000000111. The largest absolute Gasteiger partial charge is 0.405 e. The zero-order valence-corrected chi connectivity index (χ0v) is 76.7. The summed E-state index contributed by atoms with van der Waals surface area (Å²) in [4.78, 5) is 115. The minimum absolute atomic E-state index is 0.0284. The molecule has 7 N–H and O–H groups in total. The van der Waals surface area contributed by atoms with E-state index in [0.717, 1.165) is 155 Å². The Morgan fingerprint density at radius 1 is 0.357 bits per heavy atom. The predicted molar refractivity (Wildman–Crippen MR) is 491 cm³/mol. The molecule has 47 heteroatoms. The van der Waals surface area contributed by atoms with Crippen molar-refractivity contribution >= 4 is 116 Å². The molecule has 38 nitrogen and oxygen atoms in total. The normalized spacial score (nSPS) is 24.9. The van der Waals surface area contributed by atoms with E-state index in [0.29, 0.717) is 55.4 Å². The van der Waals surface area contributed by atoms with Crippen molar-refractivity contribution in [3.8, 4) is 6.07 Å². The van der Waals surface area contributed by atoms with E-state index in [1.807, 2.05) is 125 Å². The van der Waals surface area contributed by atoms with Gasteiger partial charge in [-0.25, -0.2) is 85.8 Å². The Labute approximate surface area is 795 Å². The van der Waals surface area contributed by atoms with E-state index < -0.39 is 72.0 Å². The lowest BCUT2D eigenvalue weighted by molar-refractivity contribution is -0.138. The van der Waals surface area contributed by atoms with Gasteiger partial charge in [-0.3, -0.25) is 37.8 Å². The fourth-order valence-corrected chi connectivity index (χ4v) is 20.3. The summed E-state index contributed by atoms with van der Waals surface area (Å²) in [5.74, 6) is -10.7. The average Bonchev–Trinajstić information content (AvgIpc) is 1.59. The first kappa shape index (κ1) is 94.0. The number of aryl methyl sites for hydroxylation is 5. The minimum atomic E-state index is -4.43. The maximum Gasteiger partial charge on any atom is 0.405 e. The number of hydrogen-bond donors (Lipinski definition) is 7. The number of anilines is 10. The van der Waals surface area contributed by atoms with Crippen LogP contribution >= 0.6 is 0 Å². The summed E-state index contributed by atoms with van der Waals surface area (Å²) in [6.07, 6.45) is 42.2. The maximum absolute atomic E-state index is 13.4. The third-order valence-corrected chi connectivity index (χ3v) is 27.1. The summed E-state index contributed by atoms with van der Waals surface area (Å²) >= 11 is 0. The molecule has 10 aromatic rings. The standard InChI is InChI=1S/3C19H20F2N6O.C18H20F3N7O.C18H20N8O/c3*1-26-10-12(9-23-26)24-18-22-5-4-16(25-18)11-6-13-2-3-14(7-11)27(13)17(28)15-8-19(15,20)21;1-27-9-12(8-24-27)25-16-22-5-4-15(26-16)11-6-13-2-3-14(7-11)28(13)17(29)23-10-18(19,20)21;1-25-11-13(10-22-25)23-17-20-6-4-16(24-17)12-8-14-2-3-15(9-12)26(14)18(27)21-7-5-19/h3*4-6,9-10,13-15H,2-3,7-8H2,1H3,(H,22,24,25);4-6,8-9,13-14H,2-3,7,10H2,1H3,(H,23,29)(H,22,25,26);4,6,8,10-11,14-15H,2-3,7,9H2,1H3,(H,21,27)(H,20,23,24)/t13?,14?,15-;13-,14+,15+;13-,14+,15-;;/m010../s1. The van der Waals surface area contributed by atoms with E-state index in [9.17, 15) is 63.5 Å². The highest BCUT2D eigenvalue weighted by Crippen LogP contribution is 2.55. The number of nitrogens with one attached hydrogen (secondary N) is 7. The van der Waals surface area contributed by atoms with Crippen molar-refractivity contribution in [2.75, 3.05) is 39.7 Å². The van der Waals surface area contributed by atoms with Crippen molar-refractivity contribution in [2.45, 2.75) is 200 Å². The zero-order chi connectivity index (χ0) is 97.8. The number of halogens is 9. The molecular formula is C93H100F9N33O5. The van der Waals surface area contributed by atoms with Gasteiger partial charge in [-0.05, 0) is 155 Å². The van der Waals surface area contributed by atoms with E-state index in [2.05, 4.69) is 113 Å². The van der Waals surface area contributed by atoms with E-state index in [-0.39, 0.29) is 92.3 Å². The number of carbonyl (C=O) groups excluding carboxylic acids is 5. The molecule has 3 aliphatic carbocycles. The molecule has 3 saturated carbocycles. The van der Waals surface area contributed by atoms with Gasteiger partial charge in [0.2, 0.25) is 47.5 Å². The molecule has 8 fully saturated rings. The number of alkyl halides is 9. The van der Waals surface area contributed by atoms with Gasteiger partial charge in [0.05, 0.1) is 124 Å². The number of urea groups is 2. The topological polar surface area (TPSA) is 428 Å². The van der Waals surface area contributed by atoms with Gasteiger partial charge in [-0.15, -0.1) is 0 Å². The average molecular weight is 1930 g/mol. The van der Waals surface area contributed by atoms with Crippen molar-refractivity contribution in [3.05, 3.63) is 182 Å². The van der Waals surface area contributed by atoms with Gasteiger partial charge < -0.3 is 61.7 Å². The molecule has 10 aliphatic heterocycles. The number of nitriles is 1. The molecule has 23 rings (SSSR count). The lowest BCUT2D eigenvalue weighted by atomic mass is 9.98. The molecule has 5 saturated heterocycles. The van der Waals surface area contributed by atoms with E-state index in [1.54, 1.807) is 112 Å². The molecule has 13 atom stereocenters. The molecule has 6 unspecified atom stereocenters. The zero-order valence-electron chi connectivity index (χ0n) is 76.7. The van der Waals surface area contributed by atoms with Crippen molar-refractivity contribution in [1.82, 2.24) is 134 Å². The third-order valence-electron chi connectivity index (χ3n) is 27.1.